The zero-order valence-electron chi connectivity index (χ0n) is 24.2. The molecule has 2 aromatic carbocycles. The van der Waals surface area contributed by atoms with Crippen LogP contribution < -0.4 is 5.69 Å². The molecule has 1 saturated heterocycles. The molecule has 5 rings (SSSR count). The van der Waals surface area contributed by atoms with Gasteiger partial charge in [0.05, 0.1) is 11.0 Å². The van der Waals surface area contributed by atoms with Gasteiger partial charge in [-0.1, -0.05) is 71.9 Å². The van der Waals surface area contributed by atoms with Gasteiger partial charge in [-0.15, -0.1) is 0 Å². The zero-order valence-corrected chi connectivity index (χ0v) is 24.2. The lowest BCUT2D eigenvalue weighted by Gasteiger charge is -2.32. The summed E-state index contributed by atoms with van der Waals surface area (Å²) >= 11 is 0. The smallest absolute Gasteiger partial charge is 0.329 e. The molecule has 1 amide bonds. The number of fused-ring (bicyclic) bond motifs is 2. The number of rotatable bonds is 6. The molecule has 0 radical (unpaired) electrons. The van der Waals surface area contributed by atoms with Crippen LogP contribution >= 0.6 is 0 Å². The van der Waals surface area contributed by atoms with Gasteiger partial charge in [-0.3, -0.25) is 13.9 Å². The van der Waals surface area contributed by atoms with Crippen LogP contribution in [0.3, 0.4) is 0 Å². The Kier molecular flexibility index (Phi) is 12.6. The molecule has 37 heavy (non-hydrogen) atoms. The third-order valence-electron chi connectivity index (χ3n) is 6.97. The van der Waals surface area contributed by atoms with E-state index in [4.69, 9.17) is 0 Å². The summed E-state index contributed by atoms with van der Waals surface area (Å²) in [5.74, 6) is 0.178. The Hall–Kier alpha value is -2.86. The van der Waals surface area contributed by atoms with E-state index in [9.17, 15) is 9.59 Å². The molecule has 0 aliphatic carbocycles. The molecule has 204 valence electrons. The molecule has 0 saturated carbocycles. The van der Waals surface area contributed by atoms with Crippen molar-refractivity contribution < 1.29 is 4.79 Å². The van der Waals surface area contributed by atoms with E-state index in [1.165, 1.54) is 0 Å². The minimum Gasteiger partial charge on any atom is -0.334 e. The summed E-state index contributed by atoms with van der Waals surface area (Å²) < 4.78 is 3.77. The molecule has 0 bridgehead atoms. The highest BCUT2D eigenvalue weighted by molar-refractivity contribution is 5.98. The SMILES string of the molecule is CC.CC.CC.Cn1c(=O)n(C2CCN(CCCCN3Cc4ccccc4C3=O)CC2)c2ccccc21. The maximum Gasteiger partial charge on any atom is 0.329 e. The average Bonchev–Trinajstić information content (AvgIpc) is 3.43. The maximum absolute atomic E-state index is 12.8. The van der Waals surface area contributed by atoms with Crippen LogP contribution in [-0.4, -0.2) is 51.0 Å². The van der Waals surface area contributed by atoms with Crippen molar-refractivity contribution >= 4 is 16.9 Å². The fourth-order valence-electron chi connectivity index (χ4n) is 5.21. The first-order chi connectivity index (χ1) is 18.1. The molecule has 2 aliphatic heterocycles. The lowest BCUT2D eigenvalue weighted by atomic mass is 10.0. The second kappa shape index (κ2) is 15.4. The van der Waals surface area contributed by atoms with Gasteiger partial charge in [0.2, 0.25) is 0 Å². The molecule has 3 aromatic rings. The van der Waals surface area contributed by atoms with Crippen LogP contribution in [0, 0.1) is 0 Å². The largest absolute Gasteiger partial charge is 0.334 e. The molecule has 1 aromatic heterocycles. The fourth-order valence-corrected chi connectivity index (χ4v) is 5.21. The van der Waals surface area contributed by atoms with E-state index in [0.717, 1.165) is 80.6 Å². The van der Waals surface area contributed by atoms with E-state index in [1.807, 2.05) is 94.5 Å². The second-order valence-electron chi connectivity index (χ2n) is 8.86. The number of nitrogens with zero attached hydrogens (tertiary/aromatic N) is 4. The lowest BCUT2D eigenvalue weighted by molar-refractivity contribution is 0.0773. The van der Waals surface area contributed by atoms with Gasteiger partial charge in [-0.25, -0.2) is 4.79 Å². The van der Waals surface area contributed by atoms with Gasteiger partial charge in [0.15, 0.2) is 0 Å². The van der Waals surface area contributed by atoms with Gasteiger partial charge in [-0.05, 0) is 56.0 Å². The molecule has 3 heterocycles. The quantitative estimate of drug-likeness (QED) is 0.358. The van der Waals surface area contributed by atoms with Gasteiger partial charge in [0.1, 0.15) is 0 Å². The Balaban J connectivity index is 0.000000750. The maximum atomic E-state index is 12.8. The van der Waals surface area contributed by atoms with Gasteiger partial charge in [0, 0.05) is 44.8 Å². The van der Waals surface area contributed by atoms with Gasteiger partial charge >= 0.3 is 5.69 Å². The van der Waals surface area contributed by atoms with Crippen LogP contribution in [0.4, 0.5) is 0 Å². The number of benzene rings is 2. The van der Waals surface area contributed by atoms with Crippen LogP contribution in [0.25, 0.3) is 11.0 Å². The number of imidazole rings is 1. The van der Waals surface area contributed by atoms with Crippen molar-refractivity contribution in [3.05, 3.63) is 70.1 Å². The highest BCUT2D eigenvalue weighted by Crippen LogP contribution is 2.26. The number of unbranched alkanes of at least 4 members (excludes halogenated alkanes) is 1. The normalized spacial score (nSPS) is 15.2. The lowest BCUT2D eigenvalue weighted by Crippen LogP contribution is -2.38. The number of amides is 1. The fraction of sp³-hybridized carbons (Fsp3) is 0.548. The summed E-state index contributed by atoms with van der Waals surface area (Å²) in [6.45, 7) is 16.7. The number of hydrogen-bond acceptors (Lipinski definition) is 3. The standard InChI is InChI=1S/C25H30N4O2.3C2H6/c1-26-22-10-4-5-11-23(22)29(25(26)31)20-12-16-27(17-13-20)14-6-7-15-28-18-19-8-2-3-9-21(19)24(28)30;3*1-2/h2-5,8-11,20H,6-7,12-18H2,1H3;3*1-2H3. The Morgan fingerprint density at radius 3 is 1.97 bits per heavy atom. The summed E-state index contributed by atoms with van der Waals surface area (Å²) in [6, 6.07) is 16.3. The minimum absolute atomic E-state index is 0.0935. The summed E-state index contributed by atoms with van der Waals surface area (Å²) in [5, 5.41) is 0. The van der Waals surface area contributed by atoms with E-state index < -0.39 is 0 Å². The van der Waals surface area contributed by atoms with Gasteiger partial charge < -0.3 is 9.80 Å². The number of aromatic nitrogens is 2. The van der Waals surface area contributed by atoms with Crippen LogP contribution in [0.1, 0.15) is 89.2 Å². The van der Waals surface area contributed by atoms with Crippen molar-refractivity contribution in [3.63, 3.8) is 0 Å². The van der Waals surface area contributed by atoms with E-state index in [-0.39, 0.29) is 17.6 Å². The highest BCUT2D eigenvalue weighted by atomic mass is 16.2. The number of para-hydroxylation sites is 2. The minimum atomic E-state index is 0.0935. The van der Waals surface area contributed by atoms with E-state index in [2.05, 4.69) is 17.0 Å². The zero-order chi connectivity index (χ0) is 27.4. The Morgan fingerprint density at radius 1 is 0.757 bits per heavy atom. The number of carbonyl (C=O) groups is 1. The molecule has 0 N–H and O–H groups in total. The molecule has 0 spiro atoms. The highest BCUT2D eigenvalue weighted by Gasteiger charge is 2.27. The van der Waals surface area contributed by atoms with Crippen molar-refractivity contribution in [1.82, 2.24) is 18.9 Å². The Labute approximate surface area is 223 Å². The third-order valence-corrected chi connectivity index (χ3v) is 6.97. The number of likely N-dealkylation sites (tertiary alicyclic amines) is 1. The van der Waals surface area contributed by atoms with E-state index >= 15 is 0 Å². The van der Waals surface area contributed by atoms with Gasteiger partial charge in [-0.2, -0.15) is 0 Å². The number of piperidine rings is 1. The molecule has 6 heteroatoms. The first-order valence-electron chi connectivity index (χ1n) is 14.4. The molecular formula is C31H48N4O2. The summed E-state index contributed by atoms with van der Waals surface area (Å²) in [7, 11) is 1.86. The first-order valence-corrected chi connectivity index (χ1v) is 14.4. The third kappa shape index (κ3) is 6.92. The summed E-state index contributed by atoms with van der Waals surface area (Å²) in [4.78, 5) is 29.7. The van der Waals surface area contributed by atoms with E-state index in [1.54, 1.807) is 4.57 Å². The Morgan fingerprint density at radius 2 is 1.32 bits per heavy atom. The van der Waals surface area contributed by atoms with Crippen molar-refractivity contribution in [1.29, 1.82) is 0 Å². The van der Waals surface area contributed by atoms with Crippen molar-refractivity contribution in [3.8, 4) is 0 Å². The molecule has 2 aliphatic rings. The molecule has 1 fully saturated rings. The van der Waals surface area contributed by atoms with Crippen molar-refractivity contribution in [2.75, 3.05) is 26.2 Å². The van der Waals surface area contributed by atoms with Crippen LogP contribution in [0.5, 0.6) is 0 Å². The molecule has 0 atom stereocenters. The average molecular weight is 509 g/mol. The predicted molar refractivity (Wildman–Crippen MR) is 156 cm³/mol. The number of carbonyl (C=O) groups excluding carboxylic acids is 1. The van der Waals surface area contributed by atoms with Gasteiger partial charge in [0.25, 0.3) is 5.91 Å². The first kappa shape index (κ1) is 30.4. The number of hydrogen-bond donors (Lipinski definition) is 0. The number of aryl methyl sites for hydroxylation is 1. The molecular weight excluding hydrogens is 460 g/mol. The van der Waals surface area contributed by atoms with Crippen molar-refractivity contribution in [2.24, 2.45) is 7.05 Å². The summed E-state index contributed by atoms with van der Waals surface area (Å²) in [6.07, 6.45) is 4.14. The van der Waals surface area contributed by atoms with Crippen LogP contribution in [0.15, 0.2) is 53.3 Å². The summed E-state index contributed by atoms with van der Waals surface area (Å²) in [5.41, 5.74) is 4.17. The van der Waals surface area contributed by atoms with Crippen LogP contribution in [-0.2, 0) is 13.6 Å². The topological polar surface area (TPSA) is 50.5 Å². The van der Waals surface area contributed by atoms with Crippen LogP contribution in [0.2, 0.25) is 0 Å². The monoisotopic (exact) mass is 508 g/mol. The van der Waals surface area contributed by atoms with Crippen molar-refractivity contribution in [2.45, 2.75) is 79.8 Å². The Bertz CT molecular complexity index is 1160. The molecule has 6 nitrogen and oxygen atoms in total. The predicted octanol–water partition coefficient (Wildman–Crippen LogP) is 6.49. The van der Waals surface area contributed by atoms with E-state index in [0.29, 0.717) is 0 Å². The molecule has 0 unspecified atom stereocenters. The second-order valence-corrected chi connectivity index (χ2v) is 8.86.